The number of anilines is 3. The van der Waals surface area contributed by atoms with Gasteiger partial charge in [0.05, 0.1) is 0 Å². The highest BCUT2D eigenvalue weighted by Crippen LogP contribution is 2.19. The van der Waals surface area contributed by atoms with Crippen molar-refractivity contribution in [1.82, 2.24) is 9.97 Å². The summed E-state index contributed by atoms with van der Waals surface area (Å²) in [6, 6.07) is 6.80. The van der Waals surface area contributed by atoms with Crippen LogP contribution in [0.1, 0.15) is 5.56 Å². The van der Waals surface area contributed by atoms with Crippen molar-refractivity contribution in [3.63, 3.8) is 0 Å². The van der Waals surface area contributed by atoms with E-state index in [4.69, 9.17) is 0 Å². The van der Waals surface area contributed by atoms with Crippen LogP contribution in [-0.4, -0.2) is 24.1 Å². The van der Waals surface area contributed by atoms with Gasteiger partial charge in [0.25, 0.3) is 0 Å². The number of hydrogen-bond acceptors (Lipinski definition) is 4. The van der Waals surface area contributed by atoms with Gasteiger partial charge in [0.1, 0.15) is 23.8 Å². The average molecular weight is 246 g/mol. The summed E-state index contributed by atoms with van der Waals surface area (Å²) in [4.78, 5) is 10.1. The number of nitrogens with one attached hydrogen (secondary N) is 1. The van der Waals surface area contributed by atoms with Crippen molar-refractivity contribution in [3.05, 3.63) is 42.0 Å². The number of rotatable bonds is 3. The molecule has 0 saturated heterocycles. The zero-order valence-electron chi connectivity index (χ0n) is 10.6. The summed E-state index contributed by atoms with van der Waals surface area (Å²) in [5.41, 5.74) is 1.29. The van der Waals surface area contributed by atoms with E-state index < -0.39 is 0 Å². The van der Waals surface area contributed by atoms with Crippen LogP contribution < -0.4 is 10.2 Å². The summed E-state index contributed by atoms with van der Waals surface area (Å²) in [6.07, 6.45) is 1.47. The summed E-state index contributed by atoms with van der Waals surface area (Å²) in [5.74, 6) is 1.19. The molecule has 94 valence electrons. The van der Waals surface area contributed by atoms with Gasteiger partial charge in [-0.2, -0.15) is 0 Å². The third kappa shape index (κ3) is 2.74. The molecule has 5 heteroatoms. The van der Waals surface area contributed by atoms with Crippen LogP contribution in [-0.2, 0) is 0 Å². The summed E-state index contributed by atoms with van der Waals surface area (Å²) in [7, 11) is 3.80. The van der Waals surface area contributed by atoms with E-state index in [1.165, 1.54) is 12.4 Å². The number of benzene rings is 1. The number of aromatic nitrogens is 2. The first-order valence-corrected chi connectivity index (χ1v) is 5.59. The molecule has 0 aliphatic carbocycles. The summed E-state index contributed by atoms with van der Waals surface area (Å²) in [6.45, 7) is 1.73. The van der Waals surface area contributed by atoms with Crippen LogP contribution in [0.25, 0.3) is 0 Å². The SMILES string of the molecule is Cc1ccc(Nc2cc(N(C)C)ncn2)cc1F. The maximum atomic E-state index is 13.4. The van der Waals surface area contributed by atoms with Crippen LogP contribution in [0.4, 0.5) is 21.7 Å². The Balaban J connectivity index is 2.23. The van der Waals surface area contributed by atoms with Crippen LogP contribution in [0.15, 0.2) is 30.6 Å². The molecule has 0 atom stereocenters. The first kappa shape index (κ1) is 12.3. The van der Waals surface area contributed by atoms with E-state index in [0.717, 1.165) is 5.82 Å². The molecule has 0 saturated carbocycles. The molecular weight excluding hydrogens is 231 g/mol. The fraction of sp³-hybridized carbons (Fsp3) is 0.231. The van der Waals surface area contributed by atoms with Crippen molar-refractivity contribution < 1.29 is 4.39 Å². The predicted molar refractivity (Wildman–Crippen MR) is 70.8 cm³/mol. The lowest BCUT2D eigenvalue weighted by atomic mass is 10.2. The fourth-order valence-corrected chi connectivity index (χ4v) is 1.48. The van der Waals surface area contributed by atoms with Gasteiger partial charge in [-0.1, -0.05) is 6.07 Å². The second-order valence-electron chi connectivity index (χ2n) is 4.24. The Morgan fingerprint density at radius 2 is 1.94 bits per heavy atom. The van der Waals surface area contributed by atoms with Crippen LogP contribution in [0.3, 0.4) is 0 Å². The van der Waals surface area contributed by atoms with Gasteiger partial charge in [0.15, 0.2) is 0 Å². The summed E-state index contributed by atoms with van der Waals surface area (Å²) in [5, 5.41) is 3.05. The molecule has 0 aliphatic rings. The molecule has 2 aromatic rings. The number of nitrogens with zero attached hydrogens (tertiary/aromatic N) is 3. The van der Waals surface area contributed by atoms with Crippen LogP contribution >= 0.6 is 0 Å². The van der Waals surface area contributed by atoms with Gasteiger partial charge in [-0.05, 0) is 24.6 Å². The standard InChI is InChI=1S/C13H15FN4/c1-9-4-5-10(6-11(9)14)17-12-7-13(18(2)3)16-8-15-12/h4-8H,1-3H3,(H,15,16,17). The fourth-order valence-electron chi connectivity index (χ4n) is 1.48. The zero-order valence-corrected chi connectivity index (χ0v) is 10.6. The highest BCUT2D eigenvalue weighted by Gasteiger charge is 2.03. The molecule has 1 aromatic carbocycles. The Labute approximate surface area is 105 Å². The number of hydrogen-bond donors (Lipinski definition) is 1. The lowest BCUT2D eigenvalue weighted by Crippen LogP contribution is -2.11. The second-order valence-corrected chi connectivity index (χ2v) is 4.24. The van der Waals surface area contributed by atoms with Crippen LogP contribution in [0.5, 0.6) is 0 Å². The van der Waals surface area contributed by atoms with Crippen molar-refractivity contribution in [2.24, 2.45) is 0 Å². The summed E-state index contributed by atoms with van der Waals surface area (Å²) < 4.78 is 13.4. The van der Waals surface area contributed by atoms with Gasteiger partial charge in [-0.3, -0.25) is 0 Å². The van der Waals surface area contributed by atoms with E-state index in [-0.39, 0.29) is 5.82 Å². The van der Waals surface area contributed by atoms with Crippen LogP contribution in [0.2, 0.25) is 0 Å². The van der Waals surface area contributed by atoms with Crippen molar-refractivity contribution in [1.29, 1.82) is 0 Å². The molecule has 0 aliphatic heterocycles. The Hall–Kier alpha value is -2.17. The van der Waals surface area contributed by atoms with Gasteiger partial charge in [0.2, 0.25) is 0 Å². The molecule has 0 radical (unpaired) electrons. The largest absolute Gasteiger partial charge is 0.363 e. The van der Waals surface area contributed by atoms with E-state index >= 15 is 0 Å². The minimum absolute atomic E-state index is 0.234. The average Bonchev–Trinajstić information content (AvgIpc) is 2.34. The minimum atomic E-state index is -0.234. The minimum Gasteiger partial charge on any atom is -0.363 e. The van der Waals surface area contributed by atoms with Crippen LogP contribution in [0, 0.1) is 12.7 Å². The third-order valence-corrected chi connectivity index (χ3v) is 2.56. The lowest BCUT2D eigenvalue weighted by molar-refractivity contribution is 0.619. The Morgan fingerprint density at radius 1 is 1.17 bits per heavy atom. The number of aryl methyl sites for hydroxylation is 1. The van der Waals surface area contributed by atoms with Gasteiger partial charge in [0, 0.05) is 25.8 Å². The van der Waals surface area contributed by atoms with Crippen molar-refractivity contribution >= 4 is 17.3 Å². The first-order valence-electron chi connectivity index (χ1n) is 5.59. The van der Waals surface area contributed by atoms with Gasteiger partial charge < -0.3 is 10.2 Å². The van der Waals surface area contributed by atoms with Crippen molar-refractivity contribution in [2.45, 2.75) is 6.92 Å². The van der Waals surface area contributed by atoms with E-state index in [1.807, 2.05) is 25.1 Å². The Morgan fingerprint density at radius 3 is 2.61 bits per heavy atom. The Bertz CT molecular complexity index is 554. The molecular formula is C13H15FN4. The van der Waals surface area contributed by atoms with E-state index in [9.17, 15) is 4.39 Å². The van der Waals surface area contributed by atoms with E-state index in [2.05, 4.69) is 15.3 Å². The predicted octanol–water partition coefficient (Wildman–Crippen LogP) is 2.73. The first-order chi connectivity index (χ1) is 8.56. The van der Waals surface area contributed by atoms with Gasteiger partial charge >= 0.3 is 0 Å². The second kappa shape index (κ2) is 5.00. The van der Waals surface area contributed by atoms with Crippen molar-refractivity contribution in [3.8, 4) is 0 Å². The maximum Gasteiger partial charge on any atom is 0.135 e. The molecule has 4 nitrogen and oxygen atoms in total. The number of halogens is 1. The highest BCUT2D eigenvalue weighted by molar-refractivity contribution is 5.59. The van der Waals surface area contributed by atoms with E-state index in [1.54, 1.807) is 19.1 Å². The molecule has 1 aromatic heterocycles. The quantitative estimate of drug-likeness (QED) is 0.904. The molecule has 18 heavy (non-hydrogen) atoms. The zero-order chi connectivity index (χ0) is 13.1. The van der Waals surface area contributed by atoms with Gasteiger partial charge in [-0.25, -0.2) is 14.4 Å². The molecule has 1 N–H and O–H groups in total. The van der Waals surface area contributed by atoms with Crippen molar-refractivity contribution in [2.75, 3.05) is 24.3 Å². The molecule has 0 unspecified atom stereocenters. The monoisotopic (exact) mass is 246 g/mol. The maximum absolute atomic E-state index is 13.4. The third-order valence-electron chi connectivity index (χ3n) is 2.56. The normalized spacial score (nSPS) is 10.2. The lowest BCUT2D eigenvalue weighted by Gasteiger charge is -2.12. The molecule has 0 spiro atoms. The Kier molecular flexibility index (Phi) is 3.41. The summed E-state index contributed by atoms with van der Waals surface area (Å²) >= 11 is 0. The molecule has 1 heterocycles. The molecule has 2 rings (SSSR count). The van der Waals surface area contributed by atoms with E-state index in [0.29, 0.717) is 17.1 Å². The topological polar surface area (TPSA) is 41.0 Å². The molecule has 0 fully saturated rings. The molecule has 0 amide bonds. The highest BCUT2D eigenvalue weighted by atomic mass is 19.1. The molecule has 0 bridgehead atoms. The smallest absolute Gasteiger partial charge is 0.135 e. The van der Waals surface area contributed by atoms with Gasteiger partial charge in [-0.15, -0.1) is 0 Å².